The van der Waals surface area contributed by atoms with E-state index >= 15 is 0 Å². The lowest BCUT2D eigenvalue weighted by molar-refractivity contribution is -0.142. The monoisotopic (exact) mass is 358 g/mol. The maximum absolute atomic E-state index is 12.9. The van der Waals surface area contributed by atoms with Gasteiger partial charge < -0.3 is 14.8 Å². The van der Waals surface area contributed by atoms with E-state index in [1.54, 1.807) is 18.1 Å². The van der Waals surface area contributed by atoms with Gasteiger partial charge in [-0.2, -0.15) is 0 Å². The van der Waals surface area contributed by atoms with Crippen LogP contribution in [0.2, 0.25) is 0 Å². The highest BCUT2D eigenvalue weighted by atomic mass is 16.2. The number of aromatic nitrogens is 2. The maximum Gasteiger partial charge on any atom is 0.225 e. The average Bonchev–Trinajstić information content (AvgIpc) is 2.88. The Labute approximate surface area is 155 Å². The summed E-state index contributed by atoms with van der Waals surface area (Å²) in [6.45, 7) is 0.673. The van der Waals surface area contributed by atoms with Crippen molar-refractivity contribution < 1.29 is 9.59 Å². The van der Waals surface area contributed by atoms with Crippen molar-refractivity contribution >= 4 is 11.8 Å². The fourth-order valence-electron chi connectivity index (χ4n) is 4.11. The molecule has 1 aliphatic heterocycles. The fraction of sp³-hybridized carbons (Fsp3) is 0.650. The summed E-state index contributed by atoms with van der Waals surface area (Å²) >= 11 is 0. The highest BCUT2D eigenvalue weighted by Gasteiger charge is 2.40. The van der Waals surface area contributed by atoms with Crippen molar-refractivity contribution in [3.05, 3.63) is 29.9 Å². The first kappa shape index (κ1) is 18.7. The van der Waals surface area contributed by atoms with Crippen molar-refractivity contribution in [2.45, 2.75) is 57.4 Å². The molecule has 1 saturated heterocycles. The van der Waals surface area contributed by atoms with Crippen LogP contribution in [0.5, 0.6) is 0 Å². The number of hydrogen-bond donors (Lipinski definition) is 1. The smallest absolute Gasteiger partial charge is 0.225 e. The van der Waals surface area contributed by atoms with Crippen LogP contribution in [-0.2, 0) is 16.6 Å². The minimum Gasteiger partial charge on any atom is -0.355 e. The van der Waals surface area contributed by atoms with Crippen LogP contribution in [0.15, 0.2) is 24.0 Å². The van der Waals surface area contributed by atoms with E-state index < -0.39 is 0 Å². The minimum atomic E-state index is -0.298. The number of rotatable bonds is 5. The van der Waals surface area contributed by atoms with E-state index in [4.69, 9.17) is 0 Å². The second-order valence-electron chi connectivity index (χ2n) is 7.49. The fourth-order valence-corrected chi connectivity index (χ4v) is 4.11. The van der Waals surface area contributed by atoms with Crippen LogP contribution in [-0.4, -0.2) is 39.9 Å². The summed E-state index contributed by atoms with van der Waals surface area (Å²) in [6.07, 6.45) is 14.0. The zero-order valence-corrected chi connectivity index (χ0v) is 15.9. The zero-order chi connectivity index (χ0) is 18.5. The van der Waals surface area contributed by atoms with Gasteiger partial charge in [0, 0.05) is 39.5 Å². The molecule has 6 nitrogen and oxygen atoms in total. The summed E-state index contributed by atoms with van der Waals surface area (Å²) < 4.78 is 1.90. The number of likely N-dealkylation sites (tertiary alicyclic amines) is 1. The Kier molecular flexibility index (Phi) is 6.12. The van der Waals surface area contributed by atoms with Crippen LogP contribution in [0.25, 0.3) is 0 Å². The second-order valence-corrected chi connectivity index (χ2v) is 7.49. The third-order valence-electron chi connectivity index (χ3n) is 5.70. The lowest BCUT2D eigenvalue weighted by atomic mass is 9.87. The maximum atomic E-state index is 12.9. The molecule has 2 aliphatic rings. The molecule has 1 aromatic heterocycles. The van der Waals surface area contributed by atoms with Gasteiger partial charge in [-0.15, -0.1) is 0 Å². The van der Waals surface area contributed by atoms with Crippen molar-refractivity contribution in [2.75, 3.05) is 13.6 Å². The number of allylic oxidation sites excluding steroid dienone is 1. The van der Waals surface area contributed by atoms with Gasteiger partial charge in [-0.3, -0.25) is 9.59 Å². The number of piperidine rings is 1. The summed E-state index contributed by atoms with van der Waals surface area (Å²) in [7, 11) is 3.68. The predicted molar refractivity (Wildman–Crippen MR) is 100 cm³/mol. The number of imidazole rings is 1. The van der Waals surface area contributed by atoms with Crippen LogP contribution in [0, 0.1) is 5.92 Å². The first-order chi connectivity index (χ1) is 12.6. The van der Waals surface area contributed by atoms with E-state index in [0.717, 1.165) is 18.7 Å². The number of aryl methyl sites for hydroxylation is 1. The molecule has 1 aromatic rings. The zero-order valence-electron chi connectivity index (χ0n) is 15.9. The molecule has 2 atom stereocenters. The van der Waals surface area contributed by atoms with Gasteiger partial charge in [0.1, 0.15) is 11.9 Å². The minimum absolute atomic E-state index is 0.0339. The van der Waals surface area contributed by atoms with Gasteiger partial charge in [-0.25, -0.2) is 4.98 Å². The van der Waals surface area contributed by atoms with E-state index in [-0.39, 0.29) is 23.8 Å². The van der Waals surface area contributed by atoms with Crippen LogP contribution in [0.4, 0.5) is 0 Å². The average molecular weight is 358 g/mol. The first-order valence-electron chi connectivity index (χ1n) is 9.76. The summed E-state index contributed by atoms with van der Waals surface area (Å²) in [5.41, 5.74) is 1.47. The first-order valence-corrected chi connectivity index (χ1v) is 9.76. The summed E-state index contributed by atoms with van der Waals surface area (Å²) in [5.74, 6) is 0.631. The molecule has 0 unspecified atom stereocenters. The molecular formula is C20H30N4O2. The molecule has 0 aromatic carbocycles. The van der Waals surface area contributed by atoms with Crippen LogP contribution < -0.4 is 5.32 Å². The number of nitrogens with one attached hydrogen (secondary N) is 1. The molecule has 0 bridgehead atoms. The molecule has 2 heterocycles. The molecule has 6 heteroatoms. The number of carbonyl (C=O) groups excluding carboxylic acids is 2. The summed E-state index contributed by atoms with van der Waals surface area (Å²) in [6, 6.07) is -0.298. The molecule has 1 fully saturated rings. The number of hydrogen-bond acceptors (Lipinski definition) is 3. The molecule has 0 saturated carbocycles. The Hall–Kier alpha value is -2.11. The van der Waals surface area contributed by atoms with Crippen molar-refractivity contribution in [2.24, 2.45) is 13.0 Å². The van der Waals surface area contributed by atoms with Gasteiger partial charge in [-0.05, 0) is 38.5 Å². The lowest BCUT2D eigenvalue weighted by Gasteiger charge is -2.37. The van der Waals surface area contributed by atoms with Crippen molar-refractivity contribution in [1.82, 2.24) is 19.8 Å². The Morgan fingerprint density at radius 1 is 1.27 bits per heavy atom. The molecule has 1 aliphatic carbocycles. The van der Waals surface area contributed by atoms with Gasteiger partial charge in [0.25, 0.3) is 0 Å². The SMILES string of the molecule is CN1C(=O)CC[C@H](C(=O)NCCC2=CCCCCC2)[C@H]1c1nccn1C. The third-order valence-corrected chi connectivity index (χ3v) is 5.70. The van der Waals surface area contributed by atoms with Crippen LogP contribution >= 0.6 is 0 Å². The molecule has 3 rings (SSSR count). The molecule has 0 radical (unpaired) electrons. The van der Waals surface area contributed by atoms with E-state index in [2.05, 4.69) is 16.4 Å². The van der Waals surface area contributed by atoms with Crippen LogP contribution in [0.3, 0.4) is 0 Å². The van der Waals surface area contributed by atoms with Crippen molar-refractivity contribution in [3.63, 3.8) is 0 Å². The Morgan fingerprint density at radius 2 is 2.12 bits per heavy atom. The predicted octanol–water partition coefficient (Wildman–Crippen LogP) is 2.73. The summed E-state index contributed by atoms with van der Waals surface area (Å²) in [4.78, 5) is 31.1. The summed E-state index contributed by atoms with van der Waals surface area (Å²) in [5, 5.41) is 3.11. The Bertz CT molecular complexity index is 679. The molecule has 0 spiro atoms. The Balaban J connectivity index is 1.63. The number of carbonyl (C=O) groups is 2. The molecule has 1 N–H and O–H groups in total. The van der Waals surface area contributed by atoms with Crippen molar-refractivity contribution in [3.8, 4) is 0 Å². The lowest BCUT2D eigenvalue weighted by Crippen LogP contribution is -2.47. The topological polar surface area (TPSA) is 67.2 Å². The normalized spacial score (nSPS) is 24.2. The largest absolute Gasteiger partial charge is 0.355 e. The molecular weight excluding hydrogens is 328 g/mol. The van der Waals surface area contributed by atoms with Crippen LogP contribution in [0.1, 0.15) is 63.2 Å². The van der Waals surface area contributed by atoms with E-state index in [0.29, 0.717) is 19.4 Å². The third kappa shape index (κ3) is 4.17. The molecule has 142 valence electrons. The van der Waals surface area contributed by atoms with E-state index in [9.17, 15) is 9.59 Å². The van der Waals surface area contributed by atoms with Gasteiger partial charge in [-0.1, -0.05) is 18.1 Å². The number of nitrogens with zero attached hydrogens (tertiary/aromatic N) is 3. The Morgan fingerprint density at radius 3 is 2.88 bits per heavy atom. The van der Waals surface area contributed by atoms with Crippen molar-refractivity contribution in [1.29, 1.82) is 0 Å². The second kappa shape index (κ2) is 8.52. The standard InChI is InChI=1S/C20H30N4O2/c1-23-14-13-21-19(23)18-16(9-10-17(25)24(18)2)20(26)22-12-11-15-7-5-3-4-6-8-15/h7,13-14,16,18H,3-6,8-12H2,1-2H3,(H,22,26)/t16-,18-/m0/s1. The van der Waals surface area contributed by atoms with E-state index in [1.807, 2.05) is 17.8 Å². The van der Waals surface area contributed by atoms with Gasteiger partial charge in [0.05, 0.1) is 5.92 Å². The van der Waals surface area contributed by atoms with Gasteiger partial charge in [0.15, 0.2) is 0 Å². The highest BCUT2D eigenvalue weighted by molar-refractivity contribution is 5.84. The number of amides is 2. The quantitative estimate of drug-likeness (QED) is 0.823. The molecule has 2 amide bonds. The van der Waals surface area contributed by atoms with Gasteiger partial charge >= 0.3 is 0 Å². The molecule has 26 heavy (non-hydrogen) atoms. The van der Waals surface area contributed by atoms with Gasteiger partial charge in [0.2, 0.25) is 11.8 Å². The van der Waals surface area contributed by atoms with E-state index in [1.165, 1.54) is 31.3 Å². The highest BCUT2D eigenvalue weighted by Crippen LogP contribution is 2.34.